The molecule has 0 saturated carbocycles. The Balaban J connectivity index is 1.64. The normalized spacial score (nSPS) is 25.3. The largest absolute Gasteiger partial charge is 0.398 e. The number of benzene rings is 1. The molecule has 1 aromatic rings. The van der Waals surface area contributed by atoms with Crippen LogP contribution in [0.3, 0.4) is 0 Å². The number of hydrogen-bond donors (Lipinski definition) is 1. The highest BCUT2D eigenvalue weighted by Crippen LogP contribution is 2.24. The summed E-state index contributed by atoms with van der Waals surface area (Å²) in [5.41, 5.74) is 7.99. The van der Waals surface area contributed by atoms with Gasteiger partial charge in [-0.05, 0) is 53.0 Å². The lowest BCUT2D eigenvalue weighted by Gasteiger charge is -2.37. The van der Waals surface area contributed by atoms with Crippen LogP contribution in [-0.2, 0) is 6.54 Å². The highest BCUT2D eigenvalue weighted by atomic mass is 79.9. The van der Waals surface area contributed by atoms with Crippen LogP contribution in [0.25, 0.3) is 0 Å². The van der Waals surface area contributed by atoms with Crippen LogP contribution in [0.5, 0.6) is 0 Å². The molecule has 0 bridgehead atoms. The Labute approximate surface area is 117 Å². The van der Waals surface area contributed by atoms with Gasteiger partial charge in [-0.15, -0.1) is 0 Å². The number of halogens is 1. The van der Waals surface area contributed by atoms with Gasteiger partial charge < -0.3 is 5.73 Å². The zero-order valence-electron chi connectivity index (χ0n) is 10.6. The van der Waals surface area contributed by atoms with E-state index in [1.165, 1.54) is 44.6 Å². The Morgan fingerprint density at radius 1 is 1.28 bits per heavy atom. The molecule has 2 N–H and O–H groups in total. The van der Waals surface area contributed by atoms with E-state index in [-0.39, 0.29) is 0 Å². The Hall–Kier alpha value is -0.580. The maximum absolute atomic E-state index is 5.82. The van der Waals surface area contributed by atoms with Gasteiger partial charge in [0.25, 0.3) is 0 Å². The Morgan fingerprint density at radius 3 is 3.00 bits per heavy atom. The van der Waals surface area contributed by atoms with E-state index < -0.39 is 0 Å². The molecule has 2 saturated heterocycles. The van der Waals surface area contributed by atoms with Crippen molar-refractivity contribution < 1.29 is 0 Å². The van der Waals surface area contributed by atoms with Gasteiger partial charge in [-0.3, -0.25) is 9.80 Å². The van der Waals surface area contributed by atoms with E-state index in [0.29, 0.717) is 0 Å². The van der Waals surface area contributed by atoms with Gasteiger partial charge in [-0.2, -0.15) is 0 Å². The van der Waals surface area contributed by atoms with E-state index in [1.54, 1.807) is 0 Å². The highest BCUT2D eigenvalue weighted by molar-refractivity contribution is 9.10. The first-order valence-electron chi connectivity index (χ1n) is 6.73. The minimum atomic E-state index is 0.802. The first kappa shape index (κ1) is 12.5. The molecule has 2 fully saturated rings. The SMILES string of the molecule is Nc1ccc(CN2CCN3CCCC3C2)cc1Br. The molecule has 3 rings (SSSR count). The number of fused-ring (bicyclic) bond motifs is 1. The topological polar surface area (TPSA) is 32.5 Å². The predicted molar refractivity (Wildman–Crippen MR) is 78.4 cm³/mol. The first-order chi connectivity index (χ1) is 8.72. The number of anilines is 1. The minimum absolute atomic E-state index is 0.802. The van der Waals surface area contributed by atoms with Gasteiger partial charge in [0.15, 0.2) is 0 Å². The first-order valence-corrected chi connectivity index (χ1v) is 7.52. The number of piperazine rings is 1. The van der Waals surface area contributed by atoms with Gasteiger partial charge in [-0.1, -0.05) is 6.07 Å². The van der Waals surface area contributed by atoms with Crippen LogP contribution in [0.2, 0.25) is 0 Å². The molecule has 0 amide bonds. The predicted octanol–water partition coefficient (Wildman–Crippen LogP) is 2.31. The molecular formula is C14H20BrN3. The second-order valence-electron chi connectivity index (χ2n) is 5.42. The summed E-state index contributed by atoms with van der Waals surface area (Å²) >= 11 is 3.50. The minimum Gasteiger partial charge on any atom is -0.398 e. The molecule has 4 heteroatoms. The summed E-state index contributed by atoms with van der Waals surface area (Å²) in [5, 5.41) is 0. The van der Waals surface area contributed by atoms with Crippen molar-refractivity contribution in [2.24, 2.45) is 0 Å². The van der Waals surface area contributed by atoms with Crippen LogP contribution in [0.15, 0.2) is 22.7 Å². The summed E-state index contributed by atoms with van der Waals surface area (Å²) in [4.78, 5) is 5.22. The van der Waals surface area contributed by atoms with E-state index >= 15 is 0 Å². The lowest BCUT2D eigenvalue weighted by atomic mass is 10.1. The molecule has 2 aliphatic rings. The third-order valence-corrected chi connectivity index (χ3v) is 4.83. The molecule has 0 aliphatic carbocycles. The van der Waals surface area contributed by atoms with Gasteiger partial charge in [0.05, 0.1) is 0 Å². The zero-order chi connectivity index (χ0) is 12.5. The summed E-state index contributed by atoms with van der Waals surface area (Å²) in [6.07, 6.45) is 2.76. The number of nitrogens with two attached hydrogens (primary N) is 1. The second kappa shape index (κ2) is 5.19. The number of nitrogen functional groups attached to an aromatic ring is 1. The molecule has 2 aliphatic heterocycles. The monoisotopic (exact) mass is 309 g/mol. The van der Waals surface area contributed by atoms with Crippen molar-refractivity contribution in [2.75, 3.05) is 31.9 Å². The van der Waals surface area contributed by atoms with Crippen molar-refractivity contribution >= 4 is 21.6 Å². The number of nitrogens with zero attached hydrogens (tertiary/aromatic N) is 2. The number of rotatable bonds is 2. The van der Waals surface area contributed by atoms with E-state index in [4.69, 9.17) is 5.73 Å². The van der Waals surface area contributed by atoms with E-state index in [1.807, 2.05) is 6.07 Å². The quantitative estimate of drug-likeness (QED) is 0.851. The van der Waals surface area contributed by atoms with E-state index in [9.17, 15) is 0 Å². The van der Waals surface area contributed by atoms with Crippen molar-refractivity contribution in [3.8, 4) is 0 Å². The van der Waals surface area contributed by atoms with E-state index in [2.05, 4.69) is 37.9 Å². The molecule has 2 heterocycles. The van der Waals surface area contributed by atoms with Crippen LogP contribution < -0.4 is 5.73 Å². The molecule has 0 spiro atoms. The summed E-state index contributed by atoms with van der Waals surface area (Å²) in [6, 6.07) is 7.08. The van der Waals surface area contributed by atoms with Crippen molar-refractivity contribution in [1.29, 1.82) is 0 Å². The molecule has 98 valence electrons. The Morgan fingerprint density at radius 2 is 2.17 bits per heavy atom. The zero-order valence-corrected chi connectivity index (χ0v) is 12.2. The fraction of sp³-hybridized carbons (Fsp3) is 0.571. The molecule has 1 atom stereocenters. The summed E-state index contributed by atoms with van der Waals surface area (Å²) in [5.74, 6) is 0. The molecule has 18 heavy (non-hydrogen) atoms. The van der Waals surface area contributed by atoms with Gasteiger partial charge >= 0.3 is 0 Å². The lowest BCUT2D eigenvalue weighted by molar-refractivity contribution is 0.0994. The third kappa shape index (κ3) is 2.56. The Bertz CT molecular complexity index is 435. The van der Waals surface area contributed by atoms with Crippen molar-refractivity contribution in [3.05, 3.63) is 28.2 Å². The lowest BCUT2D eigenvalue weighted by Crippen LogP contribution is -2.49. The van der Waals surface area contributed by atoms with Crippen molar-refractivity contribution in [3.63, 3.8) is 0 Å². The molecule has 1 unspecified atom stereocenters. The summed E-state index contributed by atoms with van der Waals surface area (Å²) in [7, 11) is 0. The van der Waals surface area contributed by atoms with Crippen molar-refractivity contribution in [2.45, 2.75) is 25.4 Å². The molecule has 0 aromatic heterocycles. The van der Waals surface area contributed by atoms with Gasteiger partial charge in [0, 0.05) is 42.4 Å². The molecule has 3 nitrogen and oxygen atoms in total. The summed E-state index contributed by atoms with van der Waals surface area (Å²) in [6.45, 7) is 6.01. The van der Waals surface area contributed by atoms with Crippen LogP contribution in [0, 0.1) is 0 Å². The van der Waals surface area contributed by atoms with Crippen LogP contribution in [0.1, 0.15) is 18.4 Å². The average Bonchev–Trinajstić information content (AvgIpc) is 2.81. The second-order valence-corrected chi connectivity index (χ2v) is 6.28. The molecular weight excluding hydrogens is 290 g/mol. The van der Waals surface area contributed by atoms with Gasteiger partial charge in [-0.25, -0.2) is 0 Å². The standard InChI is InChI=1S/C14H20BrN3/c15-13-8-11(3-4-14(13)16)9-17-6-7-18-5-1-2-12(18)10-17/h3-4,8,12H,1-2,5-7,9-10,16H2. The van der Waals surface area contributed by atoms with Crippen LogP contribution in [0.4, 0.5) is 5.69 Å². The smallest absolute Gasteiger partial charge is 0.0458 e. The van der Waals surface area contributed by atoms with Crippen molar-refractivity contribution in [1.82, 2.24) is 9.80 Å². The maximum Gasteiger partial charge on any atom is 0.0458 e. The number of hydrogen-bond acceptors (Lipinski definition) is 3. The highest BCUT2D eigenvalue weighted by Gasteiger charge is 2.30. The summed E-state index contributed by atoms with van der Waals surface area (Å²) < 4.78 is 1.01. The average molecular weight is 310 g/mol. The van der Waals surface area contributed by atoms with Gasteiger partial charge in [0.2, 0.25) is 0 Å². The molecule has 1 aromatic carbocycles. The molecule has 0 radical (unpaired) electrons. The van der Waals surface area contributed by atoms with E-state index in [0.717, 1.165) is 22.7 Å². The van der Waals surface area contributed by atoms with Gasteiger partial charge in [0.1, 0.15) is 0 Å². The maximum atomic E-state index is 5.82. The fourth-order valence-electron chi connectivity index (χ4n) is 3.13. The van der Waals surface area contributed by atoms with Crippen LogP contribution in [-0.4, -0.2) is 42.0 Å². The Kier molecular flexibility index (Phi) is 3.59. The van der Waals surface area contributed by atoms with Crippen LogP contribution >= 0.6 is 15.9 Å². The third-order valence-electron chi connectivity index (χ3n) is 4.14. The fourth-order valence-corrected chi connectivity index (χ4v) is 3.55.